The van der Waals surface area contributed by atoms with Gasteiger partial charge in [0.15, 0.2) is 12.4 Å². The van der Waals surface area contributed by atoms with Gasteiger partial charge >= 0.3 is 11.9 Å². The van der Waals surface area contributed by atoms with Crippen molar-refractivity contribution in [1.29, 1.82) is 0 Å². The highest BCUT2D eigenvalue weighted by molar-refractivity contribution is 5.78. The molecule has 0 radical (unpaired) electrons. The van der Waals surface area contributed by atoms with Gasteiger partial charge in [-0.05, 0) is 12.1 Å². The van der Waals surface area contributed by atoms with E-state index in [1.807, 2.05) is 0 Å². The molecule has 0 aliphatic carbocycles. The molecule has 0 unspecified atom stereocenters. The van der Waals surface area contributed by atoms with Gasteiger partial charge in [-0.3, -0.25) is 14.9 Å². The molecule has 126 valence electrons. The third-order valence-corrected chi connectivity index (χ3v) is 3.20. The monoisotopic (exact) mass is 334 g/mol. The predicted molar refractivity (Wildman–Crippen MR) is 71.0 cm³/mol. The van der Waals surface area contributed by atoms with Gasteiger partial charge in [-0.15, -0.1) is 0 Å². The Morgan fingerprint density at radius 2 is 2.00 bits per heavy atom. The second-order valence-corrected chi connectivity index (χ2v) is 4.72. The molecule has 2 rings (SSSR count). The molecule has 1 aliphatic heterocycles. The topological polar surface area (TPSA) is 81.9 Å². The molecule has 0 spiro atoms. The van der Waals surface area contributed by atoms with Crippen molar-refractivity contribution in [2.45, 2.75) is 6.18 Å². The Labute approximate surface area is 128 Å². The van der Waals surface area contributed by atoms with Crippen LogP contribution in [0.3, 0.4) is 0 Å². The van der Waals surface area contributed by atoms with E-state index < -0.39 is 34.9 Å². The van der Waals surface area contributed by atoms with Gasteiger partial charge in [0.25, 0.3) is 5.91 Å². The number of halogens is 3. The summed E-state index contributed by atoms with van der Waals surface area (Å²) in [6.45, 7) is 1.01. The quantitative estimate of drug-likeness (QED) is 0.620. The van der Waals surface area contributed by atoms with Gasteiger partial charge in [-0.2, -0.15) is 13.2 Å². The van der Waals surface area contributed by atoms with Gasteiger partial charge < -0.3 is 14.4 Å². The van der Waals surface area contributed by atoms with Gasteiger partial charge in [0.05, 0.1) is 23.7 Å². The van der Waals surface area contributed by atoms with Crippen molar-refractivity contribution in [2.24, 2.45) is 0 Å². The number of hydrogen-bond acceptors (Lipinski definition) is 5. The maximum atomic E-state index is 12.6. The molecule has 1 aliphatic rings. The van der Waals surface area contributed by atoms with Crippen LogP contribution in [0.1, 0.15) is 5.56 Å². The largest absolute Gasteiger partial charge is 0.477 e. The second-order valence-electron chi connectivity index (χ2n) is 4.72. The molecule has 10 heteroatoms. The molecular weight excluding hydrogens is 321 g/mol. The minimum Gasteiger partial charge on any atom is -0.477 e. The van der Waals surface area contributed by atoms with Crippen molar-refractivity contribution in [1.82, 2.24) is 4.90 Å². The van der Waals surface area contributed by atoms with Crippen LogP contribution in [0, 0.1) is 10.1 Å². The van der Waals surface area contributed by atoms with Crippen LogP contribution in [0.15, 0.2) is 18.2 Å². The maximum Gasteiger partial charge on any atom is 0.416 e. The Morgan fingerprint density at radius 1 is 1.35 bits per heavy atom. The summed E-state index contributed by atoms with van der Waals surface area (Å²) in [5, 5.41) is 10.9. The third-order valence-electron chi connectivity index (χ3n) is 3.20. The summed E-state index contributed by atoms with van der Waals surface area (Å²) in [6.07, 6.45) is -4.70. The number of nitro benzene ring substituents is 1. The number of carbonyl (C=O) groups is 1. The van der Waals surface area contributed by atoms with Crippen molar-refractivity contribution in [3.63, 3.8) is 0 Å². The molecule has 7 nitrogen and oxygen atoms in total. The highest BCUT2D eigenvalue weighted by Gasteiger charge is 2.33. The van der Waals surface area contributed by atoms with Crippen molar-refractivity contribution in [2.75, 3.05) is 32.9 Å². The lowest BCUT2D eigenvalue weighted by Crippen LogP contribution is -2.43. The molecule has 0 atom stereocenters. The lowest BCUT2D eigenvalue weighted by molar-refractivity contribution is -0.386. The molecule has 0 saturated carbocycles. The number of morpholine rings is 1. The minimum atomic E-state index is -4.70. The van der Waals surface area contributed by atoms with Crippen LogP contribution in [0.5, 0.6) is 5.75 Å². The summed E-state index contributed by atoms with van der Waals surface area (Å²) in [7, 11) is 0. The minimum absolute atomic E-state index is 0.372. The summed E-state index contributed by atoms with van der Waals surface area (Å²) in [4.78, 5) is 23.2. The number of carbonyl (C=O) groups excluding carboxylic acids is 1. The SMILES string of the molecule is O=C(COc1ccc(C(F)(F)F)cc1[N+](=O)[O-])N1CCOCC1. The van der Waals surface area contributed by atoms with Gasteiger partial charge in [0, 0.05) is 19.2 Å². The Hall–Kier alpha value is -2.36. The van der Waals surface area contributed by atoms with Gasteiger partial charge in [0.2, 0.25) is 0 Å². The highest BCUT2D eigenvalue weighted by atomic mass is 19.4. The standard InChI is InChI=1S/C13H13F3N2O5/c14-13(15,16)9-1-2-11(10(7-9)18(20)21)23-8-12(19)17-3-5-22-6-4-17/h1-2,7H,3-6,8H2. The van der Waals surface area contributed by atoms with E-state index in [1.165, 1.54) is 4.90 Å². The molecular formula is C13H13F3N2O5. The van der Waals surface area contributed by atoms with Gasteiger partial charge in [0.1, 0.15) is 0 Å². The molecule has 1 aromatic carbocycles. The van der Waals surface area contributed by atoms with Crippen LogP contribution in [-0.4, -0.2) is 48.6 Å². The van der Waals surface area contributed by atoms with Crippen LogP contribution in [0.25, 0.3) is 0 Å². The molecule has 1 heterocycles. The highest BCUT2D eigenvalue weighted by Crippen LogP contribution is 2.36. The zero-order valence-electron chi connectivity index (χ0n) is 11.8. The summed E-state index contributed by atoms with van der Waals surface area (Å²) in [5.41, 5.74) is -1.99. The molecule has 1 amide bonds. The molecule has 1 fully saturated rings. The van der Waals surface area contributed by atoms with E-state index in [-0.39, 0.29) is 5.75 Å². The van der Waals surface area contributed by atoms with Gasteiger partial charge in [-0.25, -0.2) is 0 Å². The molecule has 0 N–H and O–H groups in total. The molecule has 1 aromatic rings. The van der Waals surface area contributed by atoms with Crippen molar-refractivity contribution >= 4 is 11.6 Å². The summed E-state index contributed by atoms with van der Waals surface area (Å²) < 4.78 is 47.9. The van der Waals surface area contributed by atoms with Crippen LogP contribution < -0.4 is 4.74 Å². The van der Waals surface area contributed by atoms with E-state index in [1.54, 1.807) is 0 Å². The van der Waals surface area contributed by atoms with Crippen molar-refractivity contribution < 1.29 is 32.4 Å². The molecule has 1 saturated heterocycles. The number of ether oxygens (including phenoxy) is 2. The summed E-state index contributed by atoms with van der Waals surface area (Å²) >= 11 is 0. The first-order valence-corrected chi connectivity index (χ1v) is 6.63. The number of rotatable bonds is 4. The molecule has 0 aromatic heterocycles. The normalized spacial score (nSPS) is 15.3. The van der Waals surface area contributed by atoms with E-state index in [4.69, 9.17) is 9.47 Å². The van der Waals surface area contributed by atoms with Crippen molar-refractivity contribution in [3.8, 4) is 5.75 Å². The summed E-state index contributed by atoms with van der Waals surface area (Å²) in [5.74, 6) is -0.799. The number of nitrogens with zero attached hydrogens (tertiary/aromatic N) is 2. The maximum absolute atomic E-state index is 12.6. The Bertz CT molecular complexity index is 600. The molecule has 23 heavy (non-hydrogen) atoms. The van der Waals surface area contributed by atoms with Crippen LogP contribution in [-0.2, 0) is 15.7 Å². The van der Waals surface area contributed by atoms with E-state index >= 15 is 0 Å². The Balaban J connectivity index is 2.09. The first-order chi connectivity index (χ1) is 10.8. The predicted octanol–water partition coefficient (Wildman–Crippen LogP) is 1.85. The van der Waals surface area contributed by atoms with Crippen LogP contribution >= 0.6 is 0 Å². The van der Waals surface area contributed by atoms with Crippen molar-refractivity contribution in [3.05, 3.63) is 33.9 Å². The zero-order valence-corrected chi connectivity index (χ0v) is 11.8. The third kappa shape index (κ3) is 4.31. The average Bonchev–Trinajstić information content (AvgIpc) is 2.52. The number of nitro groups is 1. The first kappa shape index (κ1) is 17.0. The number of amides is 1. The van der Waals surface area contributed by atoms with E-state index in [2.05, 4.69) is 0 Å². The Morgan fingerprint density at radius 3 is 2.57 bits per heavy atom. The fourth-order valence-electron chi connectivity index (χ4n) is 2.00. The van der Waals surface area contributed by atoms with Crippen LogP contribution in [0.2, 0.25) is 0 Å². The van der Waals surface area contributed by atoms with E-state index in [0.717, 1.165) is 6.07 Å². The van der Waals surface area contributed by atoms with Gasteiger partial charge in [-0.1, -0.05) is 0 Å². The van der Waals surface area contributed by atoms with E-state index in [0.29, 0.717) is 38.4 Å². The summed E-state index contributed by atoms with van der Waals surface area (Å²) in [6, 6.07) is 1.89. The average molecular weight is 334 g/mol. The van der Waals surface area contributed by atoms with Crippen LogP contribution in [0.4, 0.5) is 18.9 Å². The zero-order chi connectivity index (χ0) is 17.0. The molecule has 0 bridgehead atoms. The van der Waals surface area contributed by atoms with E-state index in [9.17, 15) is 28.1 Å². The fraction of sp³-hybridized carbons (Fsp3) is 0.462. The number of alkyl halides is 3. The second kappa shape index (κ2) is 6.82. The lowest BCUT2D eigenvalue weighted by Gasteiger charge is -2.26. The number of hydrogen-bond donors (Lipinski definition) is 0. The lowest BCUT2D eigenvalue weighted by atomic mass is 10.2. The number of benzene rings is 1. The fourth-order valence-corrected chi connectivity index (χ4v) is 2.00. The first-order valence-electron chi connectivity index (χ1n) is 6.63. The smallest absolute Gasteiger partial charge is 0.416 e. The Kier molecular flexibility index (Phi) is 5.04.